The standard InChI is InChI=1S/C19H22O3.C7H8N2O3/c1-3-19(20)21-15(2)18(14-16-10-6-4-7-11-16)22-17-12-8-5-9-13-17;1-12-4-2-3-9-5(6(4)10)7(8)11/h4-13,15,18H,3,14H2,1-2H3;2-3,10H,1H3,(H2,8,11)/t15?,18-;/m1./s1. The molecule has 3 N–H and O–H groups in total. The van der Waals surface area contributed by atoms with Gasteiger partial charge in [0.05, 0.1) is 7.11 Å². The molecule has 180 valence electrons. The molecule has 1 unspecified atom stereocenters. The van der Waals surface area contributed by atoms with Crippen LogP contribution in [0.15, 0.2) is 72.9 Å². The molecule has 0 bridgehead atoms. The van der Waals surface area contributed by atoms with Crippen molar-refractivity contribution in [2.24, 2.45) is 5.73 Å². The number of hydrogen-bond donors (Lipinski definition) is 2. The summed E-state index contributed by atoms with van der Waals surface area (Å²) in [5.41, 5.74) is 5.89. The first kappa shape index (κ1) is 26.2. The summed E-state index contributed by atoms with van der Waals surface area (Å²) in [7, 11) is 1.37. The van der Waals surface area contributed by atoms with Crippen LogP contribution in [0.5, 0.6) is 17.2 Å². The molecule has 8 heteroatoms. The molecule has 8 nitrogen and oxygen atoms in total. The average Bonchev–Trinajstić information content (AvgIpc) is 2.85. The van der Waals surface area contributed by atoms with Crippen LogP contribution in [0.4, 0.5) is 0 Å². The van der Waals surface area contributed by atoms with Crippen LogP contribution in [0.25, 0.3) is 0 Å². The van der Waals surface area contributed by atoms with E-state index >= 15 is 0 Å². The van der Waals surface area contributed by atoms with Gasteiger partial charge in [0.1, 0.15) is 18.0 Å². The van der Waals surface area contributed by atoms with Crippen molar-refractivity contribution in [1.29, 1.82) is 0 Å². The fourth-order valence-electron chi connectivity index (χ4n) is 2.97. The third-order valence-electron chi connectivity index (χ3n) is 4.78. The molecule has 0 fully saturated rings. The summed E-state index contributed by atoms with van der Waals surface area (Å²) in [6.45, 7) is 3.67. The van der Waals surface area contributed by atoms with Gasteiger partial charge in [0.2, 0.25) is 0 Å². The normalized spacial score (nSPS) is 11.9. The number of amides is 1. The number of carbonyl (C=O) groups is 2. The van der Waals surface area contributed by atoms with E-state index in [0.29, 0.717) is 12.8 Å². The van der Waals surface area contributed by atoms with Crippen molar-refractivity contribution in [3.63, 3.8) is 0 Å². The van der Waals surface area contributed by atoms with Gasteiger partial charge in [-0.25, -0.2) is 4.98 Å². The topological polar surface area (TPSA) is 121 Å². The monoisotopic (exact) mass is 466 g/mol. The van der Waals surface area contributed by atoms with Crippen LogP contribution < -0.4 is 15.2 Å². The number of rotatable bonds is 9. The van der Waals surface area contributed by atoms with Gasteiger partial charge in [0, 0.05) is 25.1 Å². The maximum Gasteiger partial charge on any atom is 0.305 e. The van der Waals surface area contributed by atoms with Crippen molar-refractivity contribution in [2.45, 2.75) is 38.9 Å². The van der Waals surface area contributed by atoms with Crippen LogP contribution in [0.1, 0.15) is 36.3 Å². The molecular formula is C26H30N2O6. The quantitative estimate of drug-likeness (QED) is 0.459. The number of primary amides is 1. The number of pyridine rings is 1. The second kappa shape index (κ2) is 13.5. The molecule has 2 atom stereocenters. The zero-order valence-corrected chi connectivity index (χ0v) is 19.5. The summed E-state index contributed by atoms with van der Waals surface area (Å²) in [6.07, 6.45) is 1.86. The van der Waals surface area contributed by atoms with Crippen molar-refractivity contribution in [3.8, 4) is 17.2 Å². The van der Waals surface area contributed by atoms with Gasteiger partial charge in [-0.2, -0.15) is 0 Å². The highest BCUT2D eigenvalue weighted by Gasteiger charge is 2.23. The highest BCUT2D eigenvalue weighted by molar-refractivity contribution is 5.94. The highest BCUT2D eigenvalue weighted by Crippen LogP contribution is 2.26. The molecule has 1 amide bonds. The second-order valence-corrected chi connectivity index (χ2v) is 7.28. The largest absolute Gasteiger partial charge is 0.503 e. The maximum absolute atomic E-state index is 11.6. The molecule has 0 radical (unpaired) electrons. The van der Waals surface area contributed by atoms with Crippen molar-refractivity contribution < 1.29 is 28.9 Å². The smallest absolute Gasteiger partial charge is 0.305 e. The lowest BCUT2D eigenvalue weighted by Crippen LogP contribution is -2.35. The molecule has 34 heavy (non-hydrogen) atoms. The van der Waals surface area contributed by atoms with Crippen molar-refractivity contribution >= 4 is 11.9 Å². The van der Waals surface area contributed by atoms with Crippen LogP contribution in [0, 0.1) is 0 Å². The number of benzene rings is 2. The SMILES string of the molecule is CCC(=O)OC(C)[C@@H](Cc1ccccc1)Oc1ccccc1.COc1ccnc(C(N)=O)c1O. The molecule has 0 saturated heterocycles. The summed E-state index contributed by atoms with van der Waals surface area (Å²) in [5.74, 6) is -0.359. The molecule has 1 aromatic heterocycles. The van der Waals surface area contributed by atoms with E-state index in [1.54, 1.807) is 6.92 Å². The third-order valence-corrected chi connectivity index (χ3v) is 4.78. The molecule has 0 aliphatic carbocycles. The first-order chi connectivity index (χ1) is 16.3. The Balaban J connectivity index is 0.000000287. The number of ether oxygens (including phenoxy) is 3. The maximum atomic E-state index is 11.6. The number of carbonyl (C=O) groups excluding carboxylic acids is 2. The molecule has 2 aromatic carbocycles. The second-order valence-electron chi connectivity index (χ2n) is 7.28. The number of nitrogens with two attached hydrogens (primary N) is 1. The lowest BCUT2D eigenvalue weighted by Gasteiger charge is -2.25. The van der Waals surface area contributed by atoms with Crippen LogP contribution in [0.2, 0.25) is 0 Å². The molecule has 0 aliphatic heterocycles. The predicted octanol–water partition coefficient (Wildman–Crippen LogP) is 3.91. The lowest BCUT2D eigenvalue weighted by molar-refractivity contribution is -0.152. The Morgan fingerprint density at radius 1 is 1.03 bits per heavy atom. The van der Waals surface area contributed by atoms with E-state index in [1.807, 2.05) is 55.5 Å². The number of methoxy groups -OCH3 is 1. The van der Waals surface area contributed by atoms with Gasteiger partial charge in [-0.05, 0) is 24.6 Å². The summed E-state index contributed by atoms with van der Waals surface area (Å²) in [4.78, 5) is 25.8. The Morgan fingerprint density at radius 3 is 2.21 bits per heavy atom. The van der Waals surface area contributed by atoms with E-state index in [4.69, 9.17) is 19.9 Å². The van der Waals surface area contributed by atoms with Crippen LogP contribution >= 0.6 is 0 Å². The van der Waals surface area contributed by atoms with Crippen LogP contribution in [-0.4, -0.2) is 41.3 Å². The minimum atomic E-state index is -0.786. The fourth-order valence-corrected chi connectivity index (χ4v) is 2.97. The predicted molar refractivity (Wildman–Crippen MR) is 128 cm³/mol. The van der Waals surface area contributed by atoms with Gasteiger partial charge >= 0.3 is 5.97 Å². The number of aromatic hydroxyl groups is 1. The van der Waals surface area contributed by atoms with Gasteiger partial charge in [-0.15, -0.1) is 0 Å². The molecule has 3 rings (SSSR count). The zero-order valence-electron chi connectivity index (χ0n) is 19.5. The Hall–Kier alpha value is -4.07. The first-order valence-corrected chi connectivity index (χ1v) is 10.8. The third kappa shape index (κ3) is 8.12. The fraction of sp³-hybridized carbons (Fsp3) is 0.269. The number of nitrogens with zero attached hydrogens (tertiary/aromatic N) is 1. The van der Waals surface area contributed by atoms with Gasteiger partial charge < -0.3 is 25.1 Å². The van der Waals surface area contributed by atoms with Crippen molar-refractivity contribution in [1.82, 2.24) is 4.98 Å². The summed E-state index contributed by atoms with van der Waals surface area (Å²) in [6, 6.07) is 21.1. The number of para-hydroxylation sites is 1. The first-order valence-electron chi connectivity index (χ1n) is 10.8. The summed E-state index contributed by atoms with van der Waals surface area (Å²) >= 11 is 0. The molecule has 0 saturated carbocycles. The molecule has 3 aromatic rings. The Labute approximate surface area is 199 Å². The van der Waals surface area contributed by atoms with Crippen molar-refractivity contribution in [3.05, 3.63) is 84.2 Å². The number of hydrogen-bond acceptors (Lipinski definition) is 7. The number of esters is 1. The van der Waals surface area contributed by atoms with Crippen LogP contribution in [-0.2, 0) is 16.0 Å². The van der Waals surface area contributed by atoms with E-state index in [1.165, 1.54) is 19.4 Å². The van der Waals surface area contributed by atoms with E-state index in [2.05, 4.69) is 17.1 Å². The zero-order chi connectivity index (χ0) is 24.9. The summed E-state index contributed by atoms with van der Waals surface area (Å²) in [5, 5.41) is 9.27. The molecular weight excluding hydrogens is 436 g/mol. The van der Waals surface area contributed by atoms with Crippen LogP contribution in [0.3, 0.4) is 0 Å². The molecule has 1 heterocycles. The minimum Gasteiger partial charge on any atom is -0.503 e. The van der Waals surface area contributed by atoms with E-state index in [-0.39, 0.29) is 35.4 Å². The lowest BCUT2D eigenvalue weighted by atomic mass is 10.0. The number of aromatic nitrogens is 1. The Kier molecular flexibility index (Phi) is 10.4. The minimum absolute atomic E-state index is 0.179. The average molecular weight is 467 g/mol. The molecule has 0 spiro atoms. The van der Waals surface area contributed by atoms with Gasteiger partial charge in [0.15, 0.2) is 17.2 Å². The van der Waals surface area contributed by atoms with E-state index in [9.17, 15) is 14.7 Å². The van der Waals surface area contributed by atoms with Crippen molar-refractivity contribution in [2.75, 3.05) is 7.11 Å². The molecule has 0 aliphatic rings. The highest BCUT2D eigenvalue weighted by atomic mass is 16.6. The summed E-state index contributed by atoms with van der Waals surface area (Å²) < 4.78 is 16.2. The van der Waals surface area contributed by atoms with E-state index in [0.717, 1.165) is 11.3 Å². The van der Waals surface area contributed by atoms with Gasteiger partial charge in [-0.1, -0.05) is 55.5 Å². The van der Waals surface area contributed by atoms with E-state index < -0.39 is 5.91 Å². The van der Waals surface area contributed by atoms with Gasteiger partial charge in [0.25, 0.3) is 5.91 Å². The van der Waals surface area contributed by atoms with Gasteiger partial charge in [-0.3, -0.25) is 9.59 Å². The Morgan fingerprint density at radius 2 is 1.65 bits per heavy atom. The Bertz CT molecular complexity index is 1000.